The summed E-state index contributed by atoms with van der Waals surface area (Å²) in [6.45, 7) is 1.56. The van der Waals surface area contributed by atoms with Gasteiger partial charge in [-0.3, -0.25) is 15.2 Å². The van der Waals surface area contributed by atoms with E-state index in [9.17, 15) is 9.90 Å². The number of nitrogens with zero attached hydrogens (tertiary/aromatic N) is 3. The number of benzene rings is 2. The fourth-order valence-electron chi connectivity index (χ4n) is 4.47. The highest BCUT2D eigenvalue weighted by Gasteiger charge is 2.42. The van der Waals surface area contributed by atoms with Crippen LogP contribution in [0.15, 0.2) is 47.6 Å². The number of ether oxygens (including phenoxy) is 1. The van der Waals surface area contributed by atoms with E-state index in [2.05, 4.69) is 5.43 Å². The summed E-state index contributed by atoms with van der Waals surface area (Å²) >= 11 is 12.7. The van der Waals surface area contributed by atoms with Gasteiger partial charge < -0.3 is 9.84 Å². The first-order valence-corrected chi connectivity index (χ1v) is 11.9. The number of hydrogen-bond donors (Lipinski definition) is 2. The largest absolute Gasteiger partial charge is 0.497 e. The summed E-state index contributed by atoms with van der Waals surface area (Å²) in [5.74, 6) is 0.150. The predicted octanol–water partition coefficient (Wildman–Crippen LogP) is 4.44. The molecule has 0 bridgehead atoms. The van der Waals surface area contributed by atoms with Crippen molar-refractivity contribution in [2.24, 2.45) is 11.0 Å². The minimum Gasteiger partial charge on any atom is -0.497 e. The molecule has 2 N–H and O–H groups in total. The molecule has 2 aliphatic rings. The number of piperidine rings is 1. The molecule has 0 saturated carbocycles. The molecule has 0 aliphatic carbocycles. The molecule has 0 radical (unpaired) electrons. The summed E-state index contributed by atoms with van der Waals surface area (Å²) in [5.41, 5.74) is 4.97. The average molecular weight is 491 g/mol. The van der Waals surface area contributed by atoms with Crippen LogP contribution in [0.1, 0.15) is 37.3 Å². The van der Waals surface area contributed by atoms with Crippen molar-refractivity contribution in [3.8, 4) is 5.75 Å². The average Bonchev–Trinajstić information content (AvgIpc) is 3.19. The maximum atomic E-state index is 13.3. The van der Waals surface area contributed by atoms with Gasteiger partial charge in [0.2, 0.25) is 0 Å². The summed E-state index contributed by atoms with van der Waals surface area (Å²) in [7, 11) is 1.62. The summed E-state index contributed by atoms with van der Waals surface area (Å²) < 4.78 is 5.31. The van der Waals surface area contributed by atoms with Gasteiger partial charge in [0.25, 0.3) is 5.91 Å². The van der Waals surface area contributed by atoms with Gasteiger partial charge in [0.15, 0.2) is 0 Å². The van der Waals surface area contributed by atoms with E-state index >= 15 is 0 Å². The molecule has 1 fully saturated rings. The van der Waals surface area contributed by atoms with Crippen LogP contribution in [0.2, 0.25) is 10.0 Å². The van der Waals surface area contributed by atoms with Crippen LogP contribution < -0.4 is 15.2 Å². The normalized spacial score (nSPS) is 21.1. The molecule has 0 aromatic heterocycles. The molecule has 2 heterocycles. The quantitative estimate of drug-likeness (QED) is 0.599. The summed E-state index contributed by atoms with van der Waals surface area (Å²) in [4.78, 5) is 13.3. The Hall–Kier alpha value is -2.32. The second-order valence-corrected chi connectivity index (χ2v) is 9.09. The van der Waals surface area contributed by atoms with Crippen LogP contribution in [-0.2, 0) is 4.79 Å². The third-order valence-electron chi connectivity index (χ3n) is 6.11. The smallest absolute Gasteiger partial charge is 0.282 e. The lowest BCUT2D eigenvalue weighted by atomic mass is 9.87. The Balaban J connectivity index is 1.73. The van der Waals surface area contributed by atoms with Crippen molar-refractivity contribution in [3.05, 3.63) is 58.1 Å². The Kier molecular flexibility index (Phi) is 7.75. The number of carbonyl (C=O) groups excluding carboxylic acids is 1. The molecule has 4 rings (SSSR count). The molecular weight excluding hydrogens is 463 g/mol. The van der Waals surface area contributed by atoms with E-state index in [0.717, 1.165) is 37.2 Å². The van der Waals surface area contributed by atoms with Crippen molar-refractivity contribution < 1.29 is 14.6 Å². The molecule has 176 valence electrons. The zero-order valence-electron chi connectivity index (χ0n) is 18.5. The molecule has 2 unspecified atom stereocenters. The second-order valence-electron chi connectivity index (χ2n) is 8.25. The van der Waals surface area contributed by atoms with E-state index in [1.165, 1.54) is 6.42 Å². The maximum Gasteiger partial charge on any atom is 0.282 e. The lowest BCUT2D eigenvalue weighted by molar-refractivity contribution is -0.120. The minimum absolute atomic E-state index is 0.0739. The topological polar surface area (TPSA) is 77.4 Å². The molecule has 1 amide bonds. The molecule has 2 aromatic carbocycles. The molecule has 2 aliphatic heterocycles. The summed E-state index contributed by atoms with van der Waals surface area (Å²) in [6, 6.07) is 12.5. The predicted molar refractivity (Wildman–Crippen MR) is 131 cm³/mol. The van der Waals surface area contributed by atoms with E-state index in [0.29, 0.717) is 27.9 Å². The minimum atomic E-state index is -0.333. The Morgan fingerprint density at radius 1 is 1.15 bits per heavy atom. The number of amides is 1. The number of carbonyl (C=O) groups is 1. The van der Waals surface area contributed by atoms with Gasteiger partial charge in [0.05, 0.1) is 23.9 Å². The van der Waals surface area contributed by atoms with Gasteiger partial charge in [-0.25, -0.2) is 5.01 Å². The standard InChI is InChI=1S/C24H28Cl2N4O3/c1-33-18-8-5-16(6-9-18)23-19(11-14-31)22(24(32)28-29-12-3-2-4-13-29)27-30(23)21-10-7-17(25)15-20(21)26/h5-10,15,19,23,31H,2-4,11-14H2,1H3,(H,28,32). The van der Waals surface area contributed by atoms with E-state index in [1.807, 2.05) is 29.3 Å². The second kappa shape index (κ2) is 10.7. The number of rotatable bonds is 7. The number of nitrogens with one attached hydrogen (secondary N) is 1. The molecule has 33 heavy (non-hydrogen) atoms. The third-order valence-corrected chi connectivity index (χ3v) is 6.65. The first-order chi connectivity index (χ1) is 16.0. The number of methoxy groups -OCH3 is 1. The SMILES string of the molecule is COc1ccc(C2C(CCO)C(C(=O)NN3CCCCC3)=NN2c2ccc(Cl)cc2Cl)cc1. The molecular formula is C24H28Cl2N4O3. The van der Waals surface area contributed by atoms with Crippen LogP contribution in [0.4, 0.5) is 5.69 Å². The molecule has 7 nitrogen and oxygen atoms in total. The van der Waals surface area contributed by atoms with Crippen molar-refractivity contribution in [2.45, 2.75) is 31.7 Å². The molecule has 0 spiro atoms. The number of aliphatic hydroxyl groups excluding tert-OH is 1. The zero-order valence-corrected chi connectivity index (χ0v) is 20.0. The third kappa shape index (κ3) is 5.27. The molecule has 9 heteroatoms. The number of hydrazone groups is 1. The van der Waals surface area contributed by atoms with Crippen molar-refractivity contribution in [2.75, 3.05) is 31.8 Å². The maximum absolute atomic E-state index is 13.3. The number of anilines is 1. The Bertz CT molecular complexity index is 1010. The van der Waals surface area contributed by atoms with E-state index in [4.69, 9.17) is 33.0 Å². The monoisotopic (exact) mass is 490 g/mol. The van der Waals surface area contributed by atoms with Crippen LogP contribution in [0.3, 0.4) is 0 Å². The fraction of sp³-hybridized carbons (Fsp3) is 0.417. The molecule has 2 aromatic rings. The van der Waals surface area contributed by atoms with Crippen molar-refractivity contribution in [1.82, 2.24) is 10.4 Å². The lowest BCUT2D eigenvalue weighted by Gasteiger charge is -2.29. The van der Waals surface area contributed by atoms with Gasteiger partial charge >= 0.3 is 0 Å². The van der Waals surface area contributed by atoms with Crippen molar-refractivity contribution >= 4 is 40.5 Å². The van der Waals surface area contributed by atoms with Gasteiger partial charge in [-0.1, -0.05) is 41.8 Å². The highest BCUT2D eigenvalue weighted by Crippen LogP contribution is 2.44. The number of aliphatic hydroxyl groups is 1. The van der Waals surface area contributed by atoms with Gasteiger partial charge in [-0.05, 0) is 55.2 Å². The highest BCUT2D eigenvalue weighted by atomic mass is 35.5. The van der Waals surface area contributed by atoms with Crippen molar-refractivity contribution in [3.63, 3.8) is 0 Å². The van der Waals surface area contributed by atoms with Crippen molar-refractivity contribution in [1.29, 1.82) is 0 Å². The van der Waals surface area contributed by atoms with Gasteiger partial charge in [0, 0.05) is 30.6 Å². The van der Waals surface area contributed by atoms with E-state index < -0.39 is 0 Å². The van der Waals surface area contributed by atoms with E-state index in [-0.39, 0.29) is 24.5 Å². The van der Waals surface area contributed by atoms with Crippen LogP contribution in [-0.4, -0.2) is 48.5 Å². The van der Waals surface area contributed by atoms with Crippen LogP contribution in [0, 0.1) is 5.92 Å². The van der Waals surface area contributed by atoms with Gasteiger partial charge in [0.1, 0.15) is 11.5 Å². The first-order valence-electron chi connectivity index (χ1n) is 11.2. The fourth-order valence-corrected chi connectivity index (χ4v) is 4.97. The summed E-state index contributed by atoms with van der Waals surface area (Å²) in [6.07, 6.45) is 3.65. The zero-order chi connectivity index (χ0) is 23.4. The van der Waals surface area contributed by atoms with E-state index in [1.54, 1.807) is 30.3 Å². The highest BCUT2D eigenvalue weighted by molar-refractivity contribution is 6.41. The number of hydrogen-bond acceptors (Lipinski definition) is 6. The van der Waals surface area contributed by atoms with Crippen LogP contribution in [0.25, 0.3) is 0 Å². The summed E-state index contributed by atoms with van der Waals surface area (Å²) in [5, 5.41) is 19.3. The molecule has 2 atom stereocenters. The Morgan fingerprint density at radius 2 is 1.88 bits per heavy atom. The Morgan fingerprint density at radius 3 is 2.52 bits per heavy atom. The van der Waals surface area contributed by atoms with Gasteiger partial charge in [-0.15, -0.1) is 0 Å². The van der Waals surface area contributed by atoms with Crippen LogP contribution >= 0.6 is 23.2 Å². The lowest BCUT2D eigenvalue weighted by Crippen LogP contribution is -2.48. The number of halogens is 2. The number of hydrazine groups is 1. The first kappa shape index (κ1) is 23.8. The van der Waals surface area contributed by atoms with Crippen LogP contribution in [0.5, 0.6) is 5.75 Å². The molecule has 1 saturated heterocycles. The Labute approximate surface area is 203 Å². The van der Waals surface area contributed by atoms with Gasteiger partial charge in [-0.2, -0.15) is 5.10 Å².